The van der Waals surface area contributed by atoms with Gasteiger partial charge in [-0.2, -0.15) is 0 Å². The molecule has 0 bridgehead atoms. The van der Waals surface area contributed by atoms with Gasteiger partial charge in [-0.25, -0.2) is 12.7 Å². The van der Waals surface area contributed by atoms with Gasteiger partial charge in [0.15, 0.2) is 0 Å². The van der Waals surface area contributed by atoms with Crippen LogP contribution in [0.3, 0.4) is 0 Å². The van der Waals surface area contributed by atoms with E-state index in [0.29, 0.717) is 35.0 Å². The van der Waals surface area contributed by atoms with E-state index in [0.717, 1.165) is 24.5 Å². The second kappa shape index (κ2) is 10.00. The van der Waals surface area contributed by atoms with Crippen LogP contribution in [0, 0.1) is 5.92 Å². The molecule has 32 heavy (non-hydrogen) atoms. The van der Waals surface area contributed by atoms with Crippen LogP contribution in [-0.2, 0) is 20.6 Å². The summed E-state index contributed by atoms with van der Waals surface area (Å²) in [6, 6.07) is 12.7. The second-order valence-corrected chi connectivity index (χ2v) is 11.2. The van der Waals surface area contributed by atoms with Gasteiger partial charge in [0.05, 0.1) is 21.7 Å². The van der Waals surface area contributed by atoms with Crippen LogP contribution in [0.4, 0.5) is 11.4 Å². The van der Waals surface area contributed by atoms with Crippen LogP contribution >= 0.6 is 23.2 Å². The van der Waals surface area contributed by atoms with E-state index in [9.17, 15) is 13.2 Å². The summed E-state index contributed by atoms with van der Waals surface area (Å²) >= 11 is 11.9. The Morgan fingerprint density at radius 2 is 1.69 bits per heavy atom. The summed E-state index contributed by atoms with van der Waals surface area (Å²) in [5.74, 6) is -0.699. The number of carbonyl (C=O) groups excluding carboxylic acids is 1. The van der Waals surface area contributed by atoms with E-state index < -0.39 is 10.0 Å². The van der Waals surface area contributed by atoms with Crippen molar-refractivity contribution in [3.63, 3.8) is 0 Å². The molecule has 2 heterocycles. The van der Waals surface area contributed by atoms with Gasteiger partial charge in [0, 0.05) is 37.6 Å². The molecule has 2 aromatic carbocycles. The zero-order valence-electron chi connectivity index (χ0n) is 17.8. The zero-order chi connectivity index (χ0) is 22.7. The van der Waals surface area contributed by atoms with E-state index in [1.54, 1.807) is 18.2 Å². The van der Waals surface area contributed by atoms with Gasteiger partial charge in [0.2, 0.25) is 15.9 Å². The summed E-state index contributed by atoms with van der Waals surface area (Å²) in [7, 11) is -3.57. The number of rotatable bonds is 6. The Hall–Kier alpha value is -1.80. The molecule has 0 unspecified atom stereocenters. The molecule has 2 fully saturated rings. The molecular weight excluding hydrogens is 469 g/mol. The fourth-order valence-corrected chi connectivity index (χ4v) is 6.23. The highest BCUT2D eigenvalue weighted by atomic mass is 35.5. The molecule has 0 radical (unpaired) electrons. The average Bonchev–Trinajstić information content (AvgIpc) is 3.32. The molecule has 0 saturated carbocycles. The molecule has 0 spiro atoms. The first-order chi connectivity index (χ1) is 15.3. The summed E-state index contributed by atoms with van der Waals surface area (Å²) in [6.07, 6.45) is 3.73. The van der Waals surface area contributed by atoms with Crippen molar-refractivity contribution in [2.45, 2.75) is 31.4 Å². The molecular formula is C23H27Cl2N3O3S. The second-order valence-electron chi connectivity index (χ2n) is 8.43. The predicted octanol–water partition coefficient (Wildman–Crippen LogP) is 4.77. The summed E-state index contributed by atoms with van der Waals surface area (Å²) in [5.41, 5.74) is 2.47. The van der Waals surface area contributed by atoms with E-state index in [4.69, 9.17) is 23.2 Å². The third-order valence-electron chi connectivity index (χ3n) is 6.09. The van der Waals surface area contributed by atoms with Crippen molar-refractivity contribution < 1.29 is 13.2 Å². The molecule has 1 N–H and O–H groups in total. The number of nitrogens with one attached hydrogen (secondary N) is 1. The highest BCUT2D eigenvalue weighted by Crippen LogP contribution is 2.27. The highest BCUT2D eigenvalue weighted by Gasteiger charge is 2.32. The first-order valence-electron chi connectivity index (χ1n) is 10.9. The summed E-state index contributed by atoms with van der Waals surface area (Å²) in [4.78, 5) is 15.2. The quantitative estimate of drug-likeness (QED) is 0.626. The van der Waals surface area contributed by atoms with Crippen molar-refractivity contribution in [3.05, 3.63) is 58.1 Å². The summed E-state index contributed by atoms with van der Waals surface area (Å²) in [5, 5.41) is 3.66. The predicted molar refractivity (Wildman–Crippen MR) is 130 cm³/mol. The van der Waals surface area contributed by atoms with E-state index in [1.165, 1.54) is 17.1 Å². The molecule has 1 amide bonds. The largest absolute Gasteiger partial charge is 0.372 e. The van der Waals surface area contributed by atoms with Crippen molar-refractivity contribution in [3.8, 4) is 0 Å². The number of amides is 1. The zero-order valence-corrected chi connectivity index (χ0v) is 20.1. The molecule has 2 aromatic rings. The van der Waals surface area contributed by atoms with Gasteiger partial charge in [-0.05, 0) is 67.6 Å². The van der Waals surface area contributed by atoms with Crippen LogP contribution in [0.5, 0.6) is 0 Å². The highest BCUT2D eigenvalue weighted by molar-refractivity contribution is 7.88. The molecule has 2 aliphatic heterocycles. The number of carbonyl (C=O) groups is 1. The van der Waals surface area contributed by atoms with Gasteiger partial charge < -0.3 is 10.2 Å². The monoisotopic (exact) mass is 495 g/mol. The number of halogens is 2. The Bertz CT molecular complexity index is 1070. The number of anilines is 2. The third-order valence-corrected chi connectivity index (χ3v) is 8.64. The smallest absolute Gasteiger partial charge is 0.228 e. The molecule has 172 valence electrons. The maximum atomic E-state index is 13.0. The van der Waals surface area contributed by atoms with Gasteiger partial charge in [-0.3, -0.25) is 4.79 Å². The minimum atomic E-state index is -3.57. The van der Waals surface area contributed by atoms with Crippen LogP contribution in [0.25, 0.3) is 0 Å². The Kier molecular flexibility index (Phi) is 7.30. The molecule has 9 heteroatoms. The van der Waals surface area contributed by atoms with Crippen molar-refractivity contribution in [1.29, 1.82) is 0 Å². The van der Waals surface area contributed by atoms with Crippen LogP contribution in [0.15, 0.2) is 42.5 Å². The van der Waals surface area contributed by atoms with Crippen molar-refractivity contribution in [2.24, 2.45) is 5.92 Å². The van der Waals surface area contributed by atoms with E-state index in [1.807, 2.05) is 24.3 Å². The fraction of sp³-hybridized carbons (Fsp3) is 0.435. The van der Waals surface area contributed by atoms with Crippen molar-refractivity contribution in [2.75, 3.05) is 36.4 Å². The van der Waals surface area contributed by atoms with E-state index in [2.05, 4.69) is 10.2 Å². The van der Waals surface area contributed by atoms with Gasteiger partial charge in [0.1, 0.15) is 0 Å². The van der Waals surface area contributed by atoms with Crippen molar-refractivity contribution >= 4 is 50.5 Å². The first-order valence-corrected chi connectivity index (χ1v) is 13.3. The summed E-state index contributed by atoms with van der Waals surface area (Å²) in [6.45, 7) is 2.74. The lowest BCUT2D eigenvalue weighted by atomic mass is 9.98. The van der Waals surface area contributed by atoms with E-state index in [-0.39, 0.29) is 24.1 Å². The molecule has 4 rings (SSSR count). The lowest BCUT2D eigenvalue weighted by Crippen LogP contribution is -2.44. The molecule has 2 aliphatic rings. The SMILES string of the molecule is O=C(Nc1ccc(N2CCCC2)cc1)[C@@H]1CCCN(S(=O)(=O)Cc2ccc(Cl)c(Cl)c2)C1. The molecule has 2 saturated heterocycles. The Labute approximate surface area is 199 Å². The topological polar surface area (TPSA) is 69.7 Å². The maximum absolute atomic E-state index is 13.0. The van der Waals surface area contributed by atoms with Crippen LogP contribution in [-0.4, -0.2) is 44.8 Å². The standard InChI is InChI=1S/C23H27Cl2N3O3S/c24-21-10-5-17(14-22(21)25)16-32(30,31)28-13-3-4-18(15-28)23(29)26-19-6-8-20(9-7-19)27-11-1-2-12-27/h5-10,14,18H,1-4,11-13,15-16H2,(H,26,29)/t18-/m1/s1. The lowest BCUT2D eigenvalue weighted by molar-refractivity contribution is -0.120. The van der Waals surface area contributed by atoms with Crippen LogP contribution in [0.2, 0.25) is 10.0 Å². The Morgan fingerprint density at radius 3 is 2.38 bits per heavy atom. The number of hydrogen-bond donors (Lipinski definition) is 1. The number of hydrogen-bond acceptors (Lipinski definition) is 4. The first kappa shape index (κ1) is 23.4. The van der Waals surface area contributed by atoms with Crippen molar-refractivity contribution in [1.82, 2.24) is 4.31 Å². The number of sulfonamides is 1. The Morgan fingerprint density at radius 1 is 0.969 bits per heavy atom. The molecule has 0 aliphatic carbocycles. The van der Waals surface area contributed by atoms with Gasteiger partial charge in [-0.1, -0.05) is 29.3 Å². The molecule has 1 atom stereocenters. The van der Waals surface area contributed by atoms with Gasteiger partial charge in [-0.15, -0.1) is 0 Å². The van der Waals surface area contributed by atoms with Gasteiger partial charge >= 0.3 is 0 Å². The van der Waals surface area contributed by atoms with Crippen LogP contribution in [0.1, 0.15) is 31.2 Å². The van der Waals surface area contributed by atoms with Crippen LogP contribution < -0.4 is 10.2 Å². The number of benzene rings is 2. The lowest BCUT2D eigenvalue weighted by Gasteiger charge is -2.31. The average molecular weight is 496 g/mol. The summed E-state index contributed by atoms with van der Waals surface area (Å²) < 4.78 is 27.3. The van der Waals surface area contributed by atoms with E-state index >= 15 is 0 Å². The minimum absolute atomic E-state index is 0.145. The fourth-order valence-electron chi connectivity index (χ4n) is 4.32. The van der Waals surface area contributed by atoms with Gasteiger partial charge in [0.25, 0.3) is 0 Å². The minimum Gasteiger partial charge on any atom is -0.372 e. The third kappa shape index (κ3) is 5.57. The normalized spacial score (nSPS) is 19.8. The number of nitrogens with zero attached hydrogens (tertiary/aromatic N) is 2. The molecule has 6 nitrogen and oxygen atoms in total. The Balaban J connectivity index is 1.37. The number of piperidine rings is 1. The maximum Gasteiger partial charge on any atom is 0.228 e. The molecule has 0 aromatic heterocycles.